The fraction of sp³-hybridized carbons (Fsp3) is 0.526. The molecule has 6 nitrogen and oxygen atoms in total. The SMILES string of the molecule is CC(=O)NC(C(=O)N1CCCC(c2nc3ccccc3[nH]2)C1)C(C)C. The third-order valence-corrected chi connectivity index (χ3v) is 4.82. The summed E-state index contributed by atoms with van der Waals surface area (Å²) in [4.78, 5) is 34.3. The van der Waals surface area contributed by atoms with Crippen molar-refractivity contribution in [2.45, 2.75) is 45.6 Å². The van der Waals surface area contributed by atoms with Crippen LogP contribution in [0.15, 0.2) is 24.3 Å². The Kier molecular flexibility index (Phi) is 5.06. The summed E-state index contributed by atoms with van der Waals surface area (Å²) >= 11 is 0. The number of para-hydroxylation sites is 2. The summed E-state index contributed by atoms with van der Waals surface area (Å²) in [5.41, 5.74) is 1.98. The van der Waals surface area contributed by atoms with E-state index in [4.69, 9.17) is 4.98 Å². The summed E-state index contributed by atoms with van der Waals surface area (Å²) in [6, 6.07) is 7.51. The number of rotatable bonds is 4. The fourth-order valence-corrected chi connectivity index (χ4v) is 3.50. The van der Waals surface area contributed by atoms with E-state index in [1.807, 2.05) is 43.0 Å². The smallest absolute Gasteiger partial charge is 0.245 e. The van der Waals surface area contributed by atoms with Gasteiger partial charge < -0.3 is 15.2 Å². The quantitative estimate of drug-likeness (QED) is 0.896. The molecule has 25 heavy (non-hydrogen) atoms. The van der Waals surface area contributed by atoms with Gasteiger partial charge in [0.2, 0.25) is 11.8 Å². The van der Waals surface area contributed by atoms with Crippen molar-refractivity contribution in [3.05, 3.63) is 30.1 Å². The van der Waals surface area contributed by atoms with Crippen LogP contribution in [-0.4, -0.2) is 45.8 Å². The highest BCUT2D eigenvalue weighted by Crippen LogP contribution is 2.27. The molecule has 0 bridgehead atoms. The molecule has 0 saturated carbocycles. The molecule has 2 unspecified atom stereocenters. The molecule has 6 heteroatoms. The summed E-state index contributed by atoms with van der Waals surface area (Å²) in [5.74, 6) is 1.04. The molecule has 2 N–H and O–H groups in total. The predicted octanol–water partition coefficient (Wildman–Crippen LogP) is 2.43. The van der Waals surface area contributed by atoms with E-state index in [-0.39, 0.29) is 23.7 Å². The number of benzene rings is 1. The minimum atomic E-state index is -0.466. The molecule has 2 amide bonds. The molecule has 2 aromatic rings. The molecule has 1 fully saturated rings. The highest BCUT2D eigenvalue weighted by Gasteiger charge is 2.32. The molecule has 3 rings (SSSR count). The van der Waals surface area contributed by atoms with Crippen LogP contribution in [0.5, 0.6) is 0 Å². The number of imidazole rings is 1. The Morgan fingerprint density at radius 3 is 2.76 bits per heavy atom. The lowest BCUT2D eigenvalue weighted by molar-refractivity contribution is -0.138. The van der Waals surface area contributed by atoms with Crippen molar-refractivity contribution in [2.75, 3.05) is 13.1 Å². The summed E-state index contributed by atoms with van der Waals surface area (Å²) in [5, 5.41) is 2.80. The van der Waals surface area contributed by atoms with E-state index < -0.39 is 6.04 Å². The van der Waals surface area contributed by atoms with Crippen LogP contribution in [0.4, 0.5) is 0 Å². The molecular weight excluding hydrogens is 316 g/mol. The van der Waals surface area contributed by atoms with Crippen molar-refractivity contribution in [3.63, 3.8) is 0 Å². The van der Waals surface area contributed by atoms with Crippen molar-refractivity contribution >= 4 is 22.8 Å². The van der Waals surface area contributed by atoms with Crippen LogP contribution < -0.4 is 5.32 Å². The number of fused-ring (bicyclic) bond motifs is 1. The number of aromatic amines is 1. The van der Waals surface area contributed by atoms with Crippen molar-refractivity contribution in [3.8, 4) is 0 Å². The lowest BCUT2D eigenvalue weighted by atomic mass is 9.95. The monoisotopic (exact) mass is 342 g/mol. The van der Waals surface area contributed by atoms with Crippen LogP contribution in [0.2, 0.25) is 0 Å². The third-order valence-electron chi connectivity index (χ3n) is 4.82. The molecule has 0 aliphatic carbocycles. The zero-order valence-electron chi connectivity index (χ0n) is 15.1. The Hall–Kier alpha value is -2.37. The molecule has 1 aromatic carbocycles. The first-order valence-corrected chi connectivity index (χ1v) is 8.96. The number of piperidine rings is 1. The highest BCUT2D eigenvalue weighted by atomic mass is 16.2. The number of H-pyrrole nitrogens is 1. The molecule has 1 aromatic heterocycles. The molecule has 2 heterocycles. The number of nitrogens with zero attached hydrogens (tertiary/aromatic N) is 2. The molecule has 134 valence electrons. The van der Waals surface area contributed by atoms with Crippen LogP contribution in [0, 0.1) is 5.92 Å². The van der Waals surface area contributed by atoms with Gasteiger partial charge in [0.15, 0.2) is 0 Å². The van der Waals surface area contributed by atoms with Crippen molar-refractivity contribution in [2.24, 2.45) is 5.92 Å². The fourth-order valence-electron chi connectivity index (χ4n) is 3.50. The number of carbonyl (C=O) groups excluding carboxylic acids is 2. The average Bonchev–Trinajstić information content (AvgIpc) is 3.03. The van der Waals surface area contributed by atoms with Gasteiger partial charge in [-0.1, -0.05) is 26.0 Å². The number of likely N-dealkylation sites (tertiary alicyclic amines) is 1. The Morgan fingerprint density at radius 2 is 2.08 bits per heavy atom. The minimum absolute atomic E-state index is 0.00557. The van der Waals surface area contributed by atoms with Crippen LogP contribution >= 0.6 is 0 Å². The molecule has 0 radical (unpaired) electrons. The molecule has 0 spiro atoms. The molecule has 1 aliphatic rings. The number of carbonyl (C=O) groups is 2. The second-order valence-corrected chi connectivity index (χ2v) is 7.18. The predicted molar refractivity (Wildman–Crippen MR) is 97.1 cm³/mol. The number of nitrogens with one attached hydrogen (secondary N) is 2. The van der Waals surface area contributed by atoms with Gasteiger partial charge in [0.05, 0.1) is 11.0 Å². The summed E-state index contributed by atoms with van der Waals surface area (Å²) in [6.45, 7) is 6.74. The normalized spacial score (nSPS) is 19.2. The van der Waals surface area contributed by atoms with Gasteiger partial charge in [-0.25, -0.2) is 4.98 Å². The van der Waals surface area contributed by atoms with Crippen molar-refractivity contribution in [1.82, 2.24) is 20.2 Å². The maximum Gasteiger partial charge on any atom is 0.245 e. The van der Waals surface area contributed by atoms with E-state index in [9.17, 15) is 9.59 Å². The van der Waals surface area contributed by atoms with Gasteiger partial charge in [0, 0.05) is 25.9 Å². The first-order chi connectivity index (χ1) is 12.0. The van der Waals surface area contributed by atoms with Gasteiger partial charge in [-0.2, -0.15) is 0 Å². The largest absolute Gasteiger partial charge is 0.344 e. The van der Waals surface area contributed by atoms with Crippen LogP contribution in [-0.2, 0) is 9.59 Å². The summed E-state index contributed by atoms with van der Waals surface area (Å²) < 4.78 is 0. The lowest BCUT2D eigenvalue weighted by Gasteiger charge is -2.35. The van der Waals surface area contributed by atoms with Crippen molar-refractivity contribution < 1.29 is 9.59 Å². The third kappa shape index (κ3) is 3.83. The van der Waals surface area contributed by atoms with E-state index in [1.54, 1.807) is 0 Å². The minimum Gasteiger partial charge on any atom is -0.344 e. The molecular formula is C19H26N4O2. The second kappa shape index (κ2) is 7.25. The van der Waals surface area contributed by atoms with E-state index in [0.29, 0.717) is 6.54 Å². The Morgan fingerprint density at radius 1 is 1.32 bits per heavy atom. The Bertz CT molecular complexity index is 735. The van der Waals surface area contributed by atoms with Gasteiger partial charge in [-0.15, -0.1) is 0 Å². The van der Waals surface area contributed by atoms with Gasteiger partial charge in [0.25, 0.3) is 0 Å². The number of aromatic nitrogens is 2. The second-order valence-electron chi connectivity index (χ2n) is 7.18. The number of hydrogen-bond acceptors (Lipinski definition) is 3. The van der Waals surface area contributed by atoms with Gasteiger partial charge in [-0.3, -0.25) is 9.59 Å². The van der Waals surface area contributed by atoms with E-state index >= 15 is 0 Å². The molecule has 1 saturated heterocycles. The maximum absolute atomic E-state index is 12.9. The Balaban J connectivity index is 1.75. The summed E-state index contributed by atoms with van der Waals surface area (Å²) in [6.07, 6.45) is 1.95. The zero-order chi connectivity index (χ0) is 18.0. The average molecular weight is 342 g/mol. The standard InChI is InChI=1S/C19H26N4O2/c1-12(2)17(20-13(3)24)19(25)23-10-6-7-14(11-23)18-21-15-8-4-5-9-16(15)22-18/h4-5,8-9,12,14,17H,6-7,10-11H2,1-3H3,(H,20,24)(H,21,22). The Labute approximate surface area is 148 Å². The number of amides is 2. The lowest BCUT2D eigenvalue weighted by Crippen LogP contribution is -2.52. The van der Waals surface area contributed by atoms with Gasteiger partial charge >= 0.3 is 0 Å². The maximum atomic E-state index is 12.9. The molecule has 1 aliphatic heterocycles. The zero-order valence-corrected chi connectivity index (χ0v) is 15.1. The first kappa shape index (κ1) is 17.5. The highest BCUT2D eigenvalue weighted by molar-refractivity contribution is 5.87. The van der Waals surface area contributed by atoms with E-state index in [0.717, 1.165) is 36.2 Å². The van der Waals surface area contributed by atoms with E-state index in [1.165, 1.54) is 6.92 Å². The van der Waals surface area contributed by atoms with Gasteiger partial charge in [0.1, 0.15) is 11.9 Å². The van der Waals surface area contributed by atoms with E-state index in [2.05, 4.69) is 10.3 Å². The van der Waals surface area contributed by atoms with Gasteiger partial charge in [-0.05, 0) is 30.9 Å². The van der Waals surface area contributed by atoms with Crippen LogP contribution in [0.1, 0.15) is 45.4 Å². The van der Waals surface area contributed by atoms with Crippen molar-refractivity contribution in [1.29, 1.82) is 0 Å². The molecule has 2 atom stereocenters. The summed E-state index contributed by atoms with van der Waals surface area (Å²) in [7, 11) is 0. The van der Waals surface area contributed by atoms with Crippen LogP contribution in [0.3, 0.4) is 0 Å². The first-order valence-electron chi connectivity index (χ1n) is 8.96. The topological polar surface area (TPSA) is 78.1 Å². The number of hydrogen-bond donors (Lipinski definition) is 2. The van der Waals surface area contributed by atoms with Crippen LogP contribution in [0.25, 0.3) is 11.0 Å².